The fourth-order valence-corrected chi connectivity index (χ4v) is 3.26. The minimum absolute atomic E-state index is 0.0994. The lowest BCUT2D eigenvalue weighted by Gasteiger charge is -2.12. The van der Waals surface area contributed by atoms with Crippen LogP contribution in [-0.2, 0) is 13.0 Å². The summed E-state index contributed by atoms with van der Waals surface area (Å²) >= 11 is 4.81. The first-order valence-corrected chi connectivity index (χ1v) is 8.26. The predicted molar refractivity (Wildman–Crippen MR) is 84.7 cm³/mol. The summed E-state index contributed by atoms with van der Waals surface area (Å²) in [5.74, 6) is -1.73. The van der Waals surface area contributed by atoms with Crippen molar-refractivity contribution in [1.29, 1.82) is 0 Å². The number of thiophene rings is 1. The van der Waals surface area contributed by atoms with Crippen LogP contribution in [0.15, 0.2) is 28.1 Å². The average Bonchev–Trinajstić information content (AvgIpc) is 2.83. The smallest absolute Gasteiger partial charge is 0.191 e. The molecule has 1 atom stereocenters. The van der Waals surface area contributed by atoms with Crippen LogP contribution in [0.5, 0.6) is 5.75 Å². The highest BCUT2D eigenvalue weighted by molar-refractivity contribution is 9.10. The fourth-order valence-electron chi connectivity index (χ4n) is 1.88. The van der Waals surface area contributed by atoms with E-state index in [0.717, 1.165) is 15.8 Å². The van der Waals surface area contributed by atoms with Crippen molar-refractivity contribution in [1.82, 2.24) is 0 Å². The Bertz CT molecular complexity index is 594. The molecule has 1 aromatic heterocycles. The van der Waals surface area contributed by atoms with Crippen molar-refractivity contribution in [2.24, 2.45) is 5.73 Å². The van der Waals surface area contributed by atoms with Crippen LogP contribution in [0.25, 0.3) is 0 Å². The third-order valence-electron chi connectivity index (χ3n) is 3.12. The van der Waals surface area contributed by atoms with Crippen LogP contribution >= 0.6 is 27.3 Å². The maximum atomic E-state index is 14.0. The molecule has 2 N–H and O–H groups in total. The lowest BCUT2D eigenvalue weighted by atomic mass is 10.0. The molecular weight excluding hydrogens is 360 g/mol. The number of benzene rings is 1. The number of hydrogen-bond acceptors (Lipinski definition) is 3. The molecule has 0 saturated heterocycles. The van der Waals surface area contributed by atoms with Gasteiger partial charge in [0.25, 0.3) is 0 Å². The predicted octanol–water partition coefficient (Wildman–Crippen LogP) is 4.65. The fraction of sp³-hybridized carbons (Fsp3) is 0.333. The van der Waals surface area contributed by atoms with Crippen molar-refractivity contribution in [2.45, 2.75) is 32.4 Å². The van der Waals surface area contributed by atoms with Crippen molar-refractivity contribution >= 4 is 27.3 Å². The first-order valence-electron chi connectivity index (χ1n) is 6.59. The molecule has 0 fully saturated rings. The van der Waals surface area contributed by atoms with E-state index in [1.165, 1.54) is 23.5 Å². The molecular formula is C15H16BrF2NOS. The van der Waals surface area contributed by atoms with Gasteiger partial charge in [0.2, 0.25) is 0 Å². The van der Waals surface area contributed by atoms with Crippen molar-refractivity contribution in [3.05, 3.63) is 50.1 Å². The average molecular weight is 376 g/mol. The molecule has 1 heterocycles. The van der Waals surface area contributed by atoms with E-state index >= 15 is 0 Å². The highest BCUT2D eigenvalue weighted by Crippen LogP contribution is 2.28. The van der Waals surface area contributed by atoms with Crippen LogP contribution in [0, 0.1) is 11.6 Å². The molecule has 0 amide bonds. The topological polar surface area (TPSA) is 35.2 Å². The molecule has 0 saturated carbocycles. The summed E-state index contributed by atoms with van der Waals surface area (Å²) in [6.45, 7) is 2.06. The van der Waals surface area contributed by atoms with Crippen LogP contribution in [0.4, 0.5) is 8.78 Å². The second-order valence-corrected chi connectivity index (χ2v) is 6.60. The summed E-state index contributed by atoms with van der Waals surface area (Å²) in [4.78, 5) is 0.880. The first-order chi connectivity index (χ1) is 10.0. The number of ether oxygens (including phenoxy) is 1. The molecule has 2 aromatic rings. The molecule has 0 bridgehead atoms. The number of halogens is 3. The zero-order chi connectivity index (χ0) is 15.4. The Morgan fingerprint density at radius 1 is 1.33 bits per heavy atom. The van der Waals surface area contributed by atoms with Crippen LogP contribution in [0.2, 0.25) is 0 Å². The maximum Gasteiger partial charge on any atom is 0.191 e. The van der Waals surface area contributed by atoms with Gasteiger partial charge in [-0.15, -0.1) is 11.3 Å². The SMILES string of the molecule is CCC(N)Cc1cc(F)c(OCc2sccc2Br)c(F)c1. The van der Waals surface area contributed by atoms with Gasteiger partial charge < -0.3 is 10.5 Å². The minimum atomic E-state index is -0.694. The summed E-state index contributed by atoms with van der Waals surface area (Å²) < 4.78 is 34.1. The summed E-state index contributed by atoms with van der Waals surface area (Å²) in [7, 11) is 0. The zero-order valence-corrected chi connectivity index (χ0v) is 13.9. The van der Waals surface area contributed by atoms with E-state index < -0.39 is 11.6 Å². The maximum absolute atomic E-state index is 14.0. The Kier molecular flexibility index (Phi) is 5.72. The van der Waals surface area contributed by atoms with Crippen molar-refractivity contribution < 1.29 is 13.5 Å². The van der Waals surface area contributed by atoms with Crippen LogP contribution in [0.1, 0.15) is 23.8 Å². The Morgan fingerprint density at radius 3 is 2.52 bits per heavy atom. The molecule has 2 rings (SSSR count). The first kappa shape index (κ1) is 16.4. The lowest BCUT2D eigenvalue weighted by Crippen LogP contribution is -2.21. The van der Waals surface area contributed by atoms with Gasteiger partial charge in [0.05, 0.1) is 4.88 Å². The number of nitrogens with two attached hydrogens (primary N) is 1. The highest BCUT2D eigenvalue weighted by atomic mass is 79.9. The van der Waals surface area contributed by atoms with Crippen molar-refractivity contribution in [2.75, 3.05) is 0 Å². The molecule has 0 aliphatic heterocycles. The second-order valence-electron chi connectivity index (χ2n) is 4.74. The molecule has 114 valence electrons. The van der Waals surface area contributed by atoms with Crippen molar-refractivity contribution in [3.8, 4) is 5.75 Å². The van der Waals surface area contributed by atoms with Crippen molar-refractivity contribution in [3.63, 3.8) is 0 Å². The van der Waals surface area contributed by atoms with Gasteiger partial charge >= 0.3 is 0 Å². The molecule has 6 heteroatoms. The van der Waals surface area contributed by atoms with Gasteiger partial charge in [0.15, 0.2) is 17.4 Å². The quantitative estimate of drug-likeness (QED) is 0.797. The van der Waals surface area contributed by atoms with Gasteiger partial charge in [0.1, 0.15) is 6.61 Å². The highest BCUT2D eigenvalue weighted by Gasteiger charge is 2.15. The molecule has 0 aliphatic rings. The molecule has 1 aromatic carbocycles. The Hall–Kier alpha value is -0.980. The molecule has 1 unspecified atom stereocenters. The Labute approximate surface area is 135 Å². The second kappa shape index (κ2) is 7.33. The van der Waals surface area contributed by atoms with Gasteiger partial charge in [-0.25, -0.2) is 8.78 Å². The third-order valence-corrected chi connectivity index (χ3v) is 5.02. The van der Waals surface area contributed by atoms with Gasteiger partial charge in [0, 0.05) is 10.5 Å². The largest absolute Gasteiger partial charge is 0.482 e. The summed E-state index contributed by atoms with van der Waals surface area (Å²) in [6.07, 6.45) is 1.20. The van der Waals surface area contributed by atoms with Crippen LogP contribution in [0.3, 0.4) is 0 Å². The molecule has 2 nitrogen and oxygen atoms in total. The van der Waals surface area contributed by atoms with E-state index in [1.807, 2.05) is 18.4 Å². The van der Waals surface area contributed by atoms with Gasteiger partial charge in [-0.2, -0.15) is 0 Å². The van der Waals surface area contributed by atoms with E-state index in [0.29, 0.717) is 12.0 Å². The van der Waals surface area contributed by atoms with E-state index in [9.17, 15) is 8.78 Å². The Balaban J connectivity index is 2.11. The zero-order valence-electron chi connectivity index (χ0n) is 11.5. The number of hydrogen-bond donors (Lipinski definition) is 1. The van der Waals surface area contributed by atoms with E-state index in [4.69, 9.17) is 10.5 Å². The van der Waals surface area contributed by atoms with Crippen LogP contribution in [-0.4, -0.2) is 6.04 Å². The standard InChI is InChI=1S/C15H16BrF2NOS/c1-2-10(19)5-9-6-12(17)15(13(18)7-9)20-8-14-11(16)3-4-21-14/h3-4,6-7,10H,2,5,8,19H2,1H3. The van der Waals surface area contributed by atoms with Gasteiger partial charge in [-0.1, -0.05) is 6.92 Å². The molecule has 0 radical (unpaired) electrons. The van der Waals surface area contributed by atoms with Gasteiger partial charge in [-0.05, 0) is 57.9 Å². The lowest BCUT2D eigenvalue weighted by molar-refractivity contribution is 0.276. The van der Waals surface area contributed by atoms with E-state index in [1.54, 1.807) is 0 Å². The third kappa shape index (κ3) is 4.25. The summed E-state index contributed by atoms with van der Waals surface area (Å²) in [5, 5.41) is 1.88. The minimum Gasteiger partial charge on any atom is -0.482 e. The molecule has 0 aliphatic carbocycles. The molecule has 0 spiro atoms. The molecule has 21 heavy (non-hydrogen) atoms. The summed E-state index contributed by atoms with van der Waals surface area (Å²) in [5.41, 5.74) is 6.35. The summed E-state index contributed by atoms with van der Waals surface area (Å²) in [6, 6.07) is 4.35. The van der Waals surface area contributed by atoms with Gasteiger partial charge in [-0.3, -0.25) is 0 Å². The monoisotopic (exact) mass is 375 g/mol. The normalized spacial score (nSPS) is 12.4. The van der Waals surface area contributed by atoms with E-state index in [2.05, 4.69) is 15.9 Å². The van der Waals surface area contributed by atoms with E-state index in [-0.39, 0.29) is 18.4 Å². The Morgan fingerprint density at radius 2 is 2.00 bits per heavy atom. The number of rotatable bonds is 6. The van der Waals surface area contributed by atoms with Crippen LogP contribution < -0.4 is 10.5 Å².